The Bertz CT molecular complexity index is 822. The van der Waals surface area contributed by atoms with E-state index in [9.17, 15) is 9.59 Å². The Morgan fingerprint density at radius 2 is 2.04 bits per heavy atom. The maximum Gasteiger partial charge on any atom is 0.328 e. The lowest BCUT2D eigenvalue weighted by Crippen LogP contribution is -2.41. The van der Waals surface area contributed by atoms with Gasteiger partial charge in [-0.2, -0.15) is 0 Å². The van der Waals surface area contributed by atoms with E-state index >= 15 is 0 Å². The predicted molar refractivity (Wildman–Crippen MR) is 92.7 cm³/mol. The summed E-state index contributed by atoms with van der Waals surface area (Å²) in [6.07, 6.45) is 0.961. The topological polar surface area (TPSA) is 67.3 Å². The van der Waals surface area contributed by atoms with Gasteiger partial charge in [0.15, 0.2) is 0 Å². The summed E-state index contributed by atoms with van der Waals surface area (Å²) in [5.41, 5.74) is 2.60. The molecule has 6 nitrogen and oxygen atoms in total. The van der Waals surface area contributed by atoms with Crippen LogP contribution in [0.3, 0.4) is 0 Å². The van der Waals surface area contributed by atoms with E-state index in [0.29, 0.717) is 18.8 Å². The first-order valence-corrected chi connectivity index (χ1v) is 8.21. The van der Waals surface area contributed by atoms with Gasteiger partial charge in [0.1, 0.15) is 5.75 Å². The molecule has 0 saturated heterocycles. The Kier molecular flexibility index (Phi) is 4.57. The minimum atomic E-state index is -0.341. The van der Waals surface area contributed by atoms with Crippen LogP contribution >= 0.6 is 0 Å². The van der Waals surface area contributed by atoms with Gasteiger partial charge in [0.2, 0.25) is 0 Å². The van der Waals surface area contributed by atoms with Gasteiger partial charge in [-0.1, -0.05) is 6.07 Å². The molecule has 6 heteroatoms. The molecule has 1 aliphatic heterocycles. The molecule has 1 atom stereocenters. The van der Waals surface area contributed by atoms with Crippen molar-refractivity contribution in [1.29, 1.82) is 0 Å². The number of H-pyrrole nitrogens is 1. The summed E-state index contributed by atoms with van der Waals surface area (Å²) >= 11 is 0. The van der Waals surface area contributed by atoms with E-state index in [2.05, 4.69) is 28.9 Å². The molecule has 24 heavy (non-hydrogen) atoms. The molecule has 0 spiro atoms. The number of methoxy groups -OCH3 is 1. The number of rotatable bonds is 4. The molecule has 0 unspecified atom stereocenters. The number of benzene rings is 1. The zero-order chi connectivity index (χ0) is 17.3. The fraction of sp³-hybridized carbons (Fsp3) is 0.444. The maximum atomic E-state index is 12.0. The largest absolute Gasteiger partial charge is 0.497 e. The molecular formula is C18H23N3O3. The average Bonchev–Trinajstić information content (AvgIpc) is 2.55. The third-order valence-corrected chi connectivity index (χ3v) is 4.79. The highest BCUT2D eigenvalue weighted by molar-refractivity contribution is 5.39. The highest BCUT2D eigenvalue weighted by atomic mass is 16.5. The highest BCUT2D eigenvalue weighted by Crippen LogP contribution is 2.31. The average molecular weight is 329 g/mol. The Hall–Kier alpha value is -2.34. The van der Waals surface area contributed by atoms with Crippen molar-refractivity contribution in [2.75, 3.05) is 20.2 Å². The Labute approximate surface area is 140 Å². The van der Waals surface area contributed by atoms with Crippen molar-refractivity contribution in [3.8, 4) is 5.75 Å². The van der Waals surface area contributed by atoms with E-state index < -0.39 is 0 Å². The number of aromatic amines is 1. The fourth-order valence-corrected chi connectivity index (χ4v) is 3.35. The van der Waals surface area contributed by atoms with Crippen LogP contribution in [0.2, 0.25) is 0 Å². The summed E-state index contributed by atoms with van der Waals surface area (Å²) in [5, 5.41) is 0. The number of fused-ring (bicyclic) bond motifs is 1. The molecule has 2 heterocycles. The molecule has 0 fully saturated rings. The van der Waals surface area contributed by atoms with Crippen LogP contribution in [0.25, 0.3) is 0 Å². The van der Waals surface area contributed by atoms with Crippen molar-refractivity contribution >= 4 is 0 Å². The molecule has 128 valence electrons. The molecule has 1 aliphatic rings. The SMILES string of the molecule is COc1ccc2c(c1)[C@@H](C)N(CCn1c(=O)cc(C)[nH]c1=O)CC2. The van der Waals surface area contributed by atoms with Crippen LogP contribution in [0.1, 0.15) is 29.8 Å². The third kappa shape index (κ3) is 3.14. The zero-order valence-electron chi connectivity index (χ0n) is 14.3. The molecule has 3 rings (SSSR count). The van der Waals surface area contributed by atoms with E-state index in [1.165, 1.54) is 21.8 Å². The molecule has 0 bridgehead atoms. The van der Waals surface area contributed by atoms with Crippen LogP contribution in [0.15, 0.2) is 33.9 Å². The molecule has 0 aliphatic carbocycles. The van der Waals surface area contributed by atoms with E-state index in [1.54, 1.807) is 14.0 Å². The van der Waals surface area contributed by atoms with Gasteiger partial charge < -0.3 is 9.72 Å². The second kappa shape index (κ2) is 6.65. The van der Waals surface area contributed by atoms with Gasteiger partial charge in [-0.15, -0.1) is 0 Å². The monoisotopic (exact) mass is 329 g/mol. The number of nitrogens with one attached hydrogen (secondary N) is 1. The van der Waals surface area contributed by atoms with Gasteiger partial charge in [0.25, 0.3) is 5.56 Å². The molecule has 2 aromatic rings. The summed E-state index contributed by atoms with van der Waals surface area (Å²) in [7, 11) is 1.67. The van der Waals surface area contributed by atoms with Crippen molar-refractivity contribution in [3.63, 3.8) is 0 Å². The molecule has 0 amide bonds. The standard InChI is InChI=1S/C18H23N3O3/c1-12-10-17(22)21(18(23)19-12)9-8-20-7-6-14-4-5-15(24-3)11-16(14)13(20)2/h4-5,10-11,13H,6-9H2,1-3H3,(H,19,23)/t13-/m1/s1. The van der Waals surface area contributed by atoms with Crippen molar-refractivity contribution in [3.05, 3.63) is 61.9 Å². The summed E-state index contributed by atoms with van der Waals surface area (Å²) in [6, 6.07) is 7.88. The van der Waals surface area contributed by atoms with Gasteiger partial charge in [0.05, 0.1) is 7.11 Å². The first-order valence-electron chi connectivity index (χ1n) is 8.21. The summed E-state index contributed by atoms with van der Waals surface area (Å²) in [6.45, 7) is 5.82. The second-order valence-electron chi connectivity index (χ2n) is 6.27. The lowest BCUT2D eigenvalue weighted by molar-refractivity contribution is 0.189. The first kappa shape index (κ1) is 16.5. The normalized spacial score (nSPS) is 17.5. The number of hydrogen-bond acceptors (Lipinski definition) is 4. The molecular weight excluding hydrogens is 306 g/mol. The van der Waals surface area contributed by atoms with Gasteiger partial charge in [-0.3, -0.25) is 14.3 Å². The molecule has 1 N–H and O–H groups in total. The smallest absolute Gasteiger partial charge is 0.328 e. The predicted octanol–water partition coefficient (Wildman–Crippen LogP) is 1.47. The van der Waals surface area contributed by atoms with E-state index in [4.69, 9.17) is 4.74 Å². The van der Waals surface area contributed by atoms with Crippen molar-refractivity contribution in [2.24, 2.45) is 0 Å². The Morgan fingerprint density at radius 1 is 1.25 bits per heavy atom. The number of nitrogens with zero attached hydrogens (tertiary/aromatic N) is 2. The minimum absolute atomic E-state index is 0.226. The van der Waals surface area contributed by atoms with Crippen LogP contribution in [0.5, 0.6) is 5.75 Å². The van der Waals surface area contributed by atoms with Gasteiger partial charge >= 0.3 is 5.69 Å². The molecule has 0 saturated carbocycles. The Morgan fingerprint density at radius 3 is 2.75 bits per heavy atom. The minimum Gasteiger partial charge on any atom is -0.497 e. The summed E-state index contributed by atoms with van der Waals surface area (Å²) < 4.78 is 6.59. The number of aryl methyl sites for hydroxylation is 1. The van der Waals surface area contributed by atoms with Crippen LogP contribution in [0.4, 0.5) is 0 Å². The van der Waals surface area contributed by atoms with Crippen LogP contribution in [-0.2, 0) is 13.0 Å². The van der Waals surface area contributed by atoms with Crippen LogP contribution in [0, 0.1) is 6.92 Å². The number of aromatic nitrogens is 2. The quantitative estimate of drug-likeness (QED) is 0.922. The van der Waals surface area contributed by atoms with E-state index in [1.807, 2.05) is 6.07 Å². The highest BCUT2D eigenvalue weighted by Gasteiger charge is 2.24. The van der Waals surface area contributed by atoms with E-state index in [0.717, 1.165) is 18.7 Å². The number of hydrogen-bond donors (Lipinski definition) is 1. The lowest BCUT2D eigenvalue weighted by atomic mass is 9.93. The fourth-order valence-electron chi connectivity index (χ4n) is 3.35. The number of ether oxygens (including phenoxy) is 1. The van der Waals surface area contributed by atoms with Crippen LogP contribution < -0.4 is 16.0 Å². The molecule has 1 aromatic heterocycles. The van der Waals surface area contributed by atoms with E-state index in [-0.39, 0.29) is 17.3 Å². The zero-order valence-corrected chi connectivity index (χ0v) is 14.3. The molecule has 0 radical (unpaired) electrons. The maximum absolute atomic E-state index is 12.0. The van der Waals surface area contributed by atoms with Crippen molar-refractivity contribution < 1.29 is 4.74 Å². The van der Waals surface area contributed by atoms with Gasteiger partial charge in [-0.25, -0.2) is 4.79 Å². The third-order valence-electron chi connectivity index (χ3n) is 4.79. The molecule has 1 aromatic carbocycles. The Balaban J connectivity index is 1.77. The second-order valence-corrected chi connectivity index (χ2v) is 6.27. The first-order chi connectivity index (χ1) is 11.5. The summed E-state index contributed by atoms with van der Waals surface area (Å²) in [4.78, 5) is 29.0. The van der Waals surface area contributed by atoms with Gasteiger partial charge in [-0.05, 0) is 43.5 Å². The lowest BCUT2D eigenvalue weighted by Gasteiger charge is -2.35. The van der Waals surface area contributed by atoms with Crippen LogP contribution in [-0.4, -0.2) is 34.7 Å². The van der Waals surface area contributed by atoms with Crippen molar-refractivity contribution in [1.82, 2.24) is 14.5 Å². The van der Waals surface area contributed by atoms with Crippen molar-refractivity contribution in [2.45, 2.75) is 32.9 Å². The van der Waals surface area contributed by atoms with Gasteiger partial charge in [0, 0.05) is 37.4 Å². The summed E-state index contributed by atoms with van der Waals surface area (Å²) in [5.74, 6) is 0.855.